The topological polar surface area (TPSA) is 48.7 Å². The molecule has 1 amide bonds. The first-order valence-corrected chi connectivity index (χ1v) is 8.94. The van der Waals surface area contributed by atoms with E-state index < -0.39 is 5.60 Å². The third-order valence-electron chi connectivity index (χ3n) is 5.56. The smallest absolute Gasteiger partial charge is 0.270 e. The molecule has 1 unspecified atom stereocenters. The molecule has 1 N–H and O–H groups in total. The van der Waals surface area contributed by atoms with Crippen LogP contribution in [0.3, 0.4) is 0 Å². The summed E-state index contributed by atoms with van der Waals surface area (Å²) in [5.41, 5.74) is 0.541. The van der Waals surface area contributed by atoms with Gasteiger partial charge < -0.3 is 19.5 Å². The van der Waals surface area contributed by atoms with Crippen LogP contribution in [0.2, 0.25) is 0 Å². The minimum Gasteiger partial charge on any atom is -0.387 e. The van der Waals surface area contributed by atoms with Crippen molar-refractivity contribution >= 4 is 16.8 Å². The van der Waals surface area contributed by atoms with Gasteiger partial charge in [0.25, 0.3) is 5.91 Å². The molecular weight excluding hydrogens is 321 g/mol. The number of likely N-dealkylation sites (tertiary alicyclic amines) is 2. The van der Waals surface area contributed by atoms with Crippen LogP contribution in [0.25, 0.3) is 10.9 Å². The molecule has 2 fully saturated rings. The van der Waals surface area contributed by atoms with E-state index in [1.54, 1.807) is 21.6 Å². The molecule has 6 heteroatoms. The summed E-state index contributed by atoms with van der Waals surface area (Å²) in [4.78, 5) is 16.9. The van der Waals surface area contributed by atoms with Crippen molar-refractivity contribution in [3.05, 3.63) is 35.8 Å². The van der Waals surface area contributed by atoms with Gasteiger partial charge in [-0.15, -0.1) is 0 Å². The number of rotatable bonds is 3. The highest BCUT2D eigenvalue weighted by Gasteiger charge is 2.40. The van der Waals surface area contributed by atoms with Crippen LogP contribution in [0.15, 0.2) is 24.3 Å². The summed E-state index contributed by atoms with van der Waals surface area (Å²) < 4.78 is 15.2. The predicted molar refractivity (Wildman–Crippen MR) is 94.0 cm³/mol. The first-order valence-electron chi connectivity index (χ1n) is 8.94. The average Bonchev–Trinajstić information content (AvgIpc) is 3.28. The number of hydrogen-bond donors (Lipinski definition) is 1. The van der Waals surface area contributed by atoms with Crippen LogP contribution in [0, 0.1) is 5.82 Å². The summed E-state index contributed by atoms with van der Waals surface area (Å²) in [6, 6.07) is 6.27. The fourth-order valence-electron chi connectivity index (χ4n) is 4.20. The van der Waals surface area contributed by atoms with E-state index in [9.17, 15) is 14.3 Å². The Bertz CT molecular complexity index is 812. The van der Waals surface area contributed by atoms with E-state index in [0.29, 0.717) is 31.7 Å². The summed E-state index contributed by atoms with van der Waals surface area (Å²) >= 11 is 0. The minimum atomic E-state index is -0.823. The number of hydrogen-bond acceptors (Lipinski definition) is 3. The molecular formula is C19H24FN3O2. The number of fused-ring (bicyclic) bond motifs is 1. The number of carbonyl (C=O) groups is 1. The normalized spacial score (nSPS) is 24.5. The van der Waals surface area contributed by atoms with E-state index in [4.69, 9.17) is 0 Å². The number of halogens is 1. The number of β-amino-alcohol motifs (C(OH)–C–C–N with tert-alkyl or cyclic N) is 1. The van der Waals surface area contributed by atoms with Crippen molar-refractivity contribution in [1.29, 1.82) is 0 Å². The van der Waals surface area contributed by atoms with E-state index in [0.717, 1.165) is 24.0 Å². The number of amides is 1. The van der Waals surface area contributed by atoms with Gasteiger partial charge in [0.1, 0.15) is 11.5 Å². The molecule has 25 heavy (non-hydrogen) atoms. The number of aryl methyl sites for hydroxylation is 1. The Kier molecular flexibility index (Phi) is 4.04. The zero-order chi connectivity index (χ0) is 17.6. The van der Waals surface area contributed by atoms with Crippen LogP contribution in [-0.4, -0.2) is 63.7 Å². The number of aromatic nitrogens is 1. The van der Waals surface area contributed by atoms with E-state index in [1.807, 2.05) is 7.05 Å². The minimum absolute atomic E-state index is 0.101. The number of carbonyl (C=O) groups excluding carboxylic acids is 1. The Hall–Kier alpha value is -1.92. The molecule has 0 spiro atoms. The van der Waals surface area contributed by atoms with Gasteiger partial charge in [-0.2, -0.15) is 0 Å². The molecule has 3 heterocycles. The van der Waals surface area contributed by atoms with Gasteiger partial charge in [-0.1, -0.05) is 0 Å². The first-order chi connectivity index (χ1) is 12.0. The van der Waals surface area contributed by atoms with Gasteiger partial charge in [0.15, 0.2) is 0 Å². The first kappa shape index (κ1) is 16.5. The van der Waals surface area contributed by atoms with Crippen molar-refractivity contribution < 1.29 is 14.3 Å². The van der Waals surface area contributed by atoms with Crippen LogP contribution in [0.5, 0.6) is 0 Å². The Balaban J connectivity index is 1.52. The maximum absolute atomic E-state index is 13.4. The monoisotopic (exact) mass is 345 g/mol. The van der Waals surface area contributed by atoms with Crippen molar-refractivity contribution in [2.24, 2.45) is 7.05 Å². The number of nitrogens with zero attached hydrogens (tertiary/aromatic N) is 3. The highest BCUT2D eigenvalue weighted by Crippen LogP contribution is 2.27. The zero-order valence-corrected chi connectivity index (χ0v) is 14.5. The lowest BCUT2D eigenvalue weighted by Crippen LogP contribution is -2.45. The van der Waals surface area contributed by atoms with Crippen molar-refractivity contribution in [2.75, 3.05) is 32.7 Å². The Labute approximate surface area is 146 Å². The molecule has 134 valence electrons. The Morgan fingerprint density at radius 2 is 2.00 bits per heavy atom. The van der Waals surface area contributed by atoms with Gasteiger partial charge in [-0.3, -0.25) is 4.79 Å². The summed E-state index contributed by atoms with van der Waals surface area (Å²) in [5.74, 6) is -0.408. The highest BCUT2D eigenvalue weighted by molar-refractivity contribution is 5.98. The van der Waals surface area contributed by atoms with Crippen LogP contribution in [0.1, 0.15) is 29.8 Å². The lowest BCUT2D eigenvalue weighted by atomic mass is 10.0. The summed E-state index contributed by atoms with van der Waals surface area (Å²) in [7, 11) is 1.82. The van der Waals surface area contributed by atoms with Crippen molar-refractivity contribution in [3.8, 4) is 0 Å². The number of aliphatic hydroxyl groups is 1. The van der Waals surface area contributed by atoms with Gasteiger partial charge >= 0.3 is 0 Å². The van der Waals surface area contributed by atoms with E-state index in [2.05, 4.69) is 4.90 Å². The lowest BCUT2D eigenvalue weighted by Gasteiger charge is -2.28. The molecule has 0 radical (unpaired) electrons. The highest BCUT2D eigenvalue weighted by atomic mass is 19.1. The van der Waals surface area contributed by atoms with Crippen LogP contribution in [0.4, 0.5) is 4.39 Å². The molecule has 1 aromatic heterocycles. The van der Waals surface area contributed by atoms with Crippen molar-refractivity contribution in [3.63, 3.8) is 0 Å². The van der Waals surface area contributed by atoms with E-state index in [1.165, 1.54) is 25.0 Å². The molecule has 2 aliphatic heterocycles. The van der Waals surface area contributed by atoms with E-state index in [-0.39, 0.29) is 11.7 Å². The molecule has 0 bridgehead atoms. The molecule has 0 saturated carbocycles. The second-order valence-electron chi connectivity index (χ2n) is 7.48. The molecule has 2 saturated heterocycles. The van der Waals surface area contributed by atoms with Gasteiger partial charge in [0, 0.05) is 31.0 Å². The molecule has 1 aromatic carbocycles. The average molecular weight is 345 g/mol. The van der Waals surface area contributed by atoms with E-state index >= 15 is 0 Å². The van der Waals surface area contributed by atoms with Crippen LogP contribution >= 0.6 is 0 Å². The fraction of sp³-hybridized carbons (Fsp3) is 0.526. The summed E-state index contributed by atoms with van der Waals surface area (Å²) in [6.45, 7) is 3.62. The standard InChI is InChI=1S/C19H24FN3O2/c1-21-16-5-4-15(20)10-14(16)11-17(21)18(24)23-9-6-19(25,13-23)12-22-7-2-3-8-22/h4-5,10-11,25H,2-3,6-9,12-13H2,1H3. The van der Waals surface area contributed by atoms with Gasteiger partial charge in [-0.25, -0.2) is 4.39 Å². The number of benzene rings is 1. The Morgan fingerprint density at radius 1 is 1.24 bits per heavy atom. The van der Waals surface area contributed by atoms with Gasteiger partial charge in [0.2, 0.25) is 0 Å². The third kappa shape index (κ3) is 3.04. The largest absolute Gasteiger partial charge is 0.387 e. The fourth-order valence-corrected chi connectivity index (χ4v) is 4.20. The summed E-state index contributed by atoms with van der Waals surface area (Å²) in [6.07, 6.45) is 2.98. The summed E-state index contributed by atoms with van der Waals surface area (Å²) in [5, 5.41) is 11.6. The van der Waals surface area contributed by atoms with Crippen molar-refractivity contribution in [2.45, 2.75) is 24.9 Å². The molecule has 1 atom stereocenters. The SMILES string of the molecule is Cn1c(C(=O)N2CCC(O)(CN3CCCC3)C2)cc2cc(F)ccc21. The quantitative estimate of drug-likeness (QED) is 0.926. The maximum Gasteiger partial charge on any atom is 0.270 e. The molecule has 0 aliphatic carbocycles. The molecule has 4 rings (SSSR count). The molecule has 2 aromatic rings. The van der Waals surface area contributed by atoms with Crippen molar-refractivity contribution in [1.82, 2.24) is 14.4 Å². The molecule has 2 aliphatic rings. The molecule has 5 nitrogen and oxygen atoms in total. The van der Waals surface area contributed by atoms with Crippen LogP contribution < -0.4 is 0 Å². The maximum atomic E-state index is 13.4. The third-order valence-corrected chi connectivity index (χ3v) is 5.56. The zero-order valence-electron chi connectivity index (χ0n) is 14.5. The second kappa shape index (κ2) is 6.11. The Morgan fingerprint density at radius 3 is 2.76 bits per heavy atom. The lowest BCUT2D eigenvalue weighted by molar-refractivity contribution is 0.0174. The van der Waals surface area contributed by atoms with Crippen LogP contribution in [-0.2, 0) is 7.05 Å². The van der Waals surface area contributed by atoms with Gasteiger partial charge in [-0.05, 0) is 56.6 Å². The second-order valence-corrected chi connectivity index (χ2v) is 7.48. The predicted octanol–water partition coefficient (Wildman–Crippen LogP) is 1.99. The van der Waals surface area contributed by atoms with Gasteiger partial charge in [0.05, 0.1) is 12.1 Å².